The second-order valence-electron chi connectivity index (χ2n) is 34.4. The number of rotatable bonds is 46. The number of carbonyl (C=O) groups excluding carboxylic acids is 6. The molecule has 10 rings (SSSR count). The SMILES string of the molecule is CC(=O)NC1C(O)[C@H](O[C@@H]2OC(CO)[C@H](O)C(O)[C@@H]2O)[C@H](CO)O[C@H]1OC[C@@H](OCC(O[C@H](CO)O[C@@H]1C(CO)O[C@@H](O[C@@H]2C(CO)O[C@@H](NC(=O)CC(NC(=O)OCC3c4ccccc4-c4ccccc43)C(=O)O)[C@@H](NC(C)=O)C2O)C(NC(C)=O)[C@H]1O)[C@@H](O)[C@@H](C)O[C@H]1O[C@H](CO)[C@@H](O)C(O)C1O[C@@H]1OC(CO)[C@@H](O[C@@H]2OC(CO)[C@H](O)[C@H](O)C2O)C(O)[C@@H]1NC(C)=O)OC(CO)[C@@H](O)[C@@H](C)O. The number of nitrogens with one attached hydrogen (secondary N) is 6. The molecule has 31 N–H and O–H groups in total. The fourth-order valence-electron chi connectivity index (χ4n) is 17.2. The quantitative estimate of drug-likeness (QED) is 0.0274. The molecule has 2 aromatic carbocycles. The number of carboxylic acid groups (broad SMARTS) is 1. The van der Waals surface area contributed by atoms with Crippen molar-refractivity contribution in [2.24, 2.45) is 0 Å². The van der Waals surface area contributed by atoms with Gasteiger partial charge in [0.15, 0.2) is 56.5 Å². The summed E-state index contributed by atoms with van der Waals surface area (Å²) in [5.74, 6) is -7.12. The largest absolute Gasteiger partial charge is 0.480 e. The zero-order valence-electron chi connectivity index (χ0n) is 75.7. The Bertz CT molecular complexity index is 4180. The van der Waals surface area contributed by atoms with Crippen molar-refractivity contribution in [3.05, 3.63) is 59.7 Å². The van der Waals surface area contributed by atoms with Gasteiger partial charge in [0.05, 0.1) is 84.7 Å². The first-order valence-corrected chi connectivity index (χ1v) is 44.5. The van der Waals surface area contributed by atoms with E-state index in [1.807, 2.05) is 36.4 Å². The lowest BCUT2D eigenvalue weighted by atomic mass is 9.93. The average molecular weight is 2010 g/mol. The standard InChI is InChI=1S/C83H128N6O50/c1-28(99)56(105)40(16-90)126-51(27-123-77-53(85-31(4)101)62(111)72(46(22-96)132-77)137-80-68(117)65(114)58(107)41(17-91)129-80)122-26-48(57(106)29(2)125-82-74(67(116)60(109)43(19-93)131-82)139-79-55(87-33(6)103)64(113)73(47(23-97)134-79)138-81-69(118)66(115)59(108)42(18-92)130-81)127-50(24-98)135-70-45(21-95)133-78(54(63(70)112)86-32(5)102)136-71-44(20-94)128-75(52(61(71)110)84-30(3)100)89-49(104)15-39(76(119)120)88-83(121)124-25-38-36-13-9-7-11-34(36)35-12-8-10-14-37(35)38/h7-14,28-29,38-48,50-75,77-82,90-99,105-118H,15-27H2,1-6H3,(H,84,100)(H,85,101)(H,86,102)(H,87,103)(H,88,121)(H,89,104)(H,119,120)/t28-,29-,39?,40?,41?,42?,43-,44?,45?,46+,47?,48?,50+,51+,52+,53?,54?,55+,56+,57+,58+,59+,60-,61?,62?,63-,64?,65?,66+,67?,68+,69?,70-,71-,72-,73-,74?,75-,77-,78+,79+,80+,81+,82+/m1/s1. The average Bonchev–Trinajstić information content (AvgIpc) is 1.73. The summed E-state index contributed by atoms with van der Waals surface area (Å²) in [6.07, 6.45) is -81.7. The molecule has 790 valence electrons. The van der Waals surface area contributed by atoms with Crippen LogP contribution in [0.1, 0.15) is 65.0 Å². The van der Waals surface area contributed by atoms with Gasteiger partial charge in [-0.15, -0.1) is 0 Å². The topological polar surface area (TPSA) is 864 Å². The lowest BCUT2D eigenvalue weighted by Crippen LogP contribution is -2.71. The zero-order chi connectivity index (χ0) is 102. The fourth-order valence-corrected chi connectivity index (χ4v) is 17.2. The highest BCUT2D eigenvalue weighted by atomic mass is 16.8. The number of amides is 6. The Morgan fingerprint density at radius 3 is 1.24 bits per heavy atom. The molecule has 0 radical (unpaired) electrons. The van der Waals surface area contributed by atoms with Gasteiger partial charge in [-0.25, -0.2) is 9.59 Å². The minimum atomic E-state index is -2.44. The van der Waals surface area contributed by atoms with E-state index >= 15 is 0 Å². The normalized spacial score (nSPS) is 37.3. The summed E-state index contributed by atoms with van der Waals surface area (Å²) in [5.41, 5.74) is 3.43. The van der Waals surface area contributed by atoms with Gasteiger partial charge in [-0.05, 0) is 36.1 Å². The van der Waals surface area contributed by atoms with E-state index in [0.29, 0.717) is 0 Å². The number of aliphatic hydroxyl groups is 24. The highest BCUT2D eigenvalue weighted by Gasteiger charge is 2.59. The number of fused-ring (bicyclic) bond motifs is 3. The number of carboxylic acids is 1. The van der Waals surface area contributed by atoms with E-state index in [2.05, 4.69) is 31.9 Å². The van der Waals surface area contributed by atoms with E-state index in [-0.39, 0.29) is 6.61 Å². The number of hydrogen-bond acceptors (Lipinski definition) is 49. The van der Waals surface area contributed by atoms with Crippen LogP contribution in [0.3, 0.4) is 0 Å². The van der Waals surface area contributed by atoms with E-state index in [4.69, 9.17) is 85.3 Å². The third-order valence-electron chi connectivity index (χ3n) is 24.5. The molecular weight excluding hydrogens is 1880 g/mol. The molecule has 8 aliphatic rings. The van der Waals surface area contributed by atoms with Gasteiger partial charge in [0, 0.05) is 33.6 Å². The highest BCUT2D eigenvalue weighted by molar-refractivity contribution is 5.87. The summed E-state index contributed by atoms with van der Waals surface area (Å²) in [6, 6.07) is 5.13. The van der Waals surface area contributed by atoms with Crippen LogP contribution in [0.25, 0.3) is 11.1 Å². The predicted molar refractivity (Wildman–Crippen MR) is 447 cm³/mol. The molecule has 2 aromatic rings. The maximum atomic E-state index is 13.9. The van der Waals surface area contributed by atoms with Crippen molar-refractivity contribution in [1.29, 1.82) is 0 Å². The van der Waals surface area contributed by atoms with Gasteiger partial charge >= 0.3 is 12.1 Å². The Morgan fingerprint density at radius 2 is 0.784 bits per heavy atom. The molecule has 0 saturated carbocycles. The molecule has 139 heavy (non-hydrogen) atoms. The Morgan fingerprint density at radius 1 is 0.388 bits per heavy atom. The first-order valence-electron chi connectivity index (χ1n) is 44.5. The maximum absolute atomic E-state index is 13.9. The molecule has 0 bridgehead atoms. The fraction of sp³-hybridized carbons (Fsp3) is 0.771. The summed E-state index contributed by atoms with van der Waals surface area (Å²) < 4.78 is 107. The second-order valence-corrected chi connectivity index (χ2v) is 34.4. The summed E-state index contributed by atoms with van der Waals surface area (Å²) in [4.78, 5) is 91.9. The predicted octanol–water partition coefficient (Wildman–Crippen LogP) is -16.3. The summed E-state index contributed by atoms with van der Waals surface area (Å²) in [6.45, 7) is -7.05. The van der Waals surface area contributed by atoms with Crippen molar-refractivity contribution in [3.8, 4) is 11.1 Å². The minimum Gasteiger partial charge on any atom is -0.480 e. The third-order valence-corrected chi connectivity index (χ3v) is 24.5. The molecule has 0 spiro atoms. The number of aliphatic hydroxyl groups excluding tert-OH is 24. The van der Waals surface area contributed by atoms with Crippen molar-refractivity contribution < 1.29 is 246 Å². The zero-order valence-corrected chi connectivity index (χ0v) is 75.7. The van der Waals surface area contributed by atoms with E-state index in [9.17, 15) is 161 Å². The summed E-state index contributed by atoms with van der Waals surface area (Å²) in [7, 11) is 0. The Balaban J connectivity index is 0.922. The Kier molecular flexibility index (Phi) is 42.7. The van der Waals surface area contributed by atoms with Crippen LogP contribution in [0.2, 0.25) is 0 Å². The molecule has 7 aliphatic heterocycles. The first-order chi connectivity index (χ1) is 66.0. The molecule has 1 aliphatic carbocycles. The molecule has 7 saturated heterocycles. The van der Waals surface area contributed by atoms with Crippen LogP contribution in [0.5, 0.6) is 0 Å². The van der Waals surface area contributed by atoms with Crippen LogP contribution in [-0.2, 0) is 114 Å². The number of alkyl carbamates (subject to hydrolysis) is 1. The van der Waals surface area contributed by atoms with Crippen LogP contribution in [0, 0.1) is 0 Å². The number of hydrogen-bond donors (Lipinski definition) is 31. The van der Waals surface area contributed by atoms with Crippen LogP contribution < -0.4 is 31.9 Å². The van der Waals surface area contributed by atoms with Crippen molar-refractivity contribution in [2.75, 3.05) is 79.3 Å². The first kappa shape index (κ1) is 114. The van der Waals surface area contributed by atoms with E-state index in [1.165, 1.54) is 0 Å². The number of benzene rings is 2. The van der Waals surface area contributed by atoms with Gasteiger partial charge < -0.3 is 245 Å². The lowest BCUT2D eigenvalue weighted by Gasteiger charge is -2.49. The van der Waals surface area contributed by atoms with Crippen molar-refractivity contribution in [2.45, 2.75) is 324 Å². The highest BCUT2D eigenvalue weighted by Crippen LogP contribution is 2.45. The molecule has 56 nitrogen and oxygen atoms in total. The van der Waals surface area contributed by atoms with Gasteiger partial charge in [-0.1, -0.05) is 48.5 Å². The number of aliphatic carboxylic acids is 1. The molecule has 0 aromatic heterocycles. The molecule has 7 heterocycles. The molecule has 44 atom stereocenters. The molecule has 7 fully saturated rings. The van der Waals surface area contributed by atoms with Gasteiger partial charge in [0.2, 0.25) is 29.5 Å². The second kappa shape index (κ2) is 52.1. The Labute approximate surface area is 791 Å². The van der Waals surface area contributed by atoms with E-state index in [0.717, 1.165) is 63.8 Å². The van der Waals surface area contributed by atoms with Crippen molar-refractivity contribution in [1.82, 2.24) is 31.9 Å². The van der Waals surface area contributed by atoms with Crippen LogP contribution in [0.15, 0.2) is 48.5 Å². The smallest absolute Gasteiger partial charge is 0.407 e. The van der Waals surface area contributed by atoms with Crippen molar-refractivity contribution >= 4 is 41.6 Å². The van der Waals surface area contributed by atoms with E-state index < -0.39 is 396 Å². The maximum Gasteiger partial charge on any atom is 0.407 e. The van der Waals surface area contributed by atoms with Crippen LogP contribution in [0.4, 0.5) is 4.79 Å². The van der Waals surface area contributed by atoms with E-state index in [1.54, 1.807) is 12.1 Å². The monoisotopic (exact) mass is 2010 g/mol. The molecule has 6 amide bonds. The van der Waals surface area contributed by atoms with Gasteiger partial charge in [0.25, 0.3) is 0 Å². The molecule has 17 unspecified atom stereocenters. The number of ether oxygens (including phenoxy) is 18. The van der Waals surface area contributed by atoms with Gasteiger partial charge in [-0.2, -0.15) is 0 Å². The third kappa shape index (κ3) is 27.8. The van der Waals surface area contributed by atoms with Gasteiger partial charge in [0.1, 0.15) is 214 Å². The van der Waals surface area contributed by atoms with Crippen LogP contribution >= 0.6 is 0 Å². The molecule has 56 heteroatoms. The van der Waals surface area contributed by atoms with Crippen molar-refractivity contribution in [3.63, 3.8) is 0 Å². The molecular formula is C83H128N6O50. The Hall–Kier alpha value is -7.11. The van der Waals surface area contributed by atoms with Crippen LogP contribution in [-0.4, -0.2) is 518 Å². The number of carbonyl (C=O) groups is 7. The lowest BCUT2D eigenvalue weighted by molar-refractivity contribution is -0.377. The minimum absolute atomic E-state index is 0.254. The summed E-state index contributed by atoms with van der Waals surface area (Å²) >= 11 is 0. The summed E-state index contributed by atoms with van der Waals surface area (Å²) in [5, 5.41) is 291. The van der Waals surface area contributed by atoms with Gasteiger partial charge in [-0.3, -0.25) is 24.0 Å².